The quantitative estimate of drug-likeness (QED) is 0.709. The molecule has 4 rings (SSSR count). The molecular weight excluding hydrogens is 427 g/mol. The average Bonchev–Trinajstić information content (AvgIpc) is 3.16. The molecule has 150 valence electrons. The van der Waals surface area contributed by atoms with Crippen molar-refractivity contribution in [3.63, 3.8) is 0 Å². The first-order chi connectivity index (χ1) is 14.2. The molecule has 2 aromatic rings. The van der Waals surface area contributed by atoms with Gasteiger partial charge in [0.1, 0.15) is 0 Å². The smallest absolute Gasteiger partial charge is 0.268 e. The maximum Gasteiger partial charge on any atom is 0.268 e. The molecule has 0 aliphatic carbocycles. The third-order valence-electron chi connectivity index (χ3n) is 4.87. The van der Waals surface area contributed by atoms with Gasteiger partial charge in [-0.05, 0) is 35.4 Å². The van der Waals surface area contributed by atoms with E-state index in [2.05, 4.69) is 0 Å². The number of nitrogens with zero attached hydrogens (tertiary/aromatic N) is 2. The third kappa shape index (κ3) is 2.96. The van der Waals surface area contributed by atoms with Crippen molar-refractivity contribution < 1.29 is 19.2 Å². The van der Waals surface area contributed by atoms with Crippen LogP contribution in [0.2, 0.25) is 10.0 Å². The third-order valence-corrected chi connectivity index (χ3v) is 5.37. The van der Waals surface area contributed by atoms with Crippen molar-refractivity contribution >= 4 is 58.2 Å². The van der Waals surface area contributed by atoms with E-state index in [1.165, 1.54) is 13.8 Å². The molecule has 2 aliphatic heterocycles. The fraction of sp³-hybridized carbons (Fsp3) is 0.0909. The van der Waals surface area contributed by atoms with Gasteiger partial charge in [-0.1, -0.05) is 47.5 Å². The van der Waals surface area contributed by atoms with Crippen molar-refractivity contribution in [3.8, 4) is 0 Å². The topological polar surface area (TPSA) is 74.8 Å². The molecule has 0 N–H and O–H groups in total. The summed E-state index contributed by atoms with van der Waals surface area (Å²) in [7, 11) is 0. The van der Waals surface area contributed by atoms with Crippen LogP contribution in [-0.2, 0) is 19.2 Å². The highest BCUT2D eigenvalue weighted by molar-refractivity contribution is 6.36. The van der Waals surface area contributed by atoms with Gasteiger partial charge in [-0.3, -0.25) is 19.2 Å². The predicted octanol–water partition coefficient (Wildman–Crippen LogP) is 3.89. The van der Waals surface area contributed by atoms with Gasteiger partial charge in [-0.2, -0.15) is 0 Å². The van der Waals surface area contributed by atoms with E-state index in [4.69, 9.17) is 23.2 Å². The number of benzene rings is 2. The largest absolute Gasteiger partial charge is 0.274 e. The van der Waals surface area contributed by atoms with Crippen LogP contribution >= 0.6 is 23.2 Å². The van der Waals surface area contributed by atoms with E-state index in [1.54, 1.807) is 48.5 Å². The zero-order valence-corrected chi connectivity index (χ0v) is 17.4. The van der Waals surface area contributed by atoms with Gasteiger partial charge in [0, 0.05) is 23.9 Å². The molecule has 2 aliphatic rings. The van der Waals surface area contributed by atoms with Gasteiger partial charge in [0.15, 0.2) is 0 Å². The summed E-state index contributed by atoms with van der Waals surface area (Å²) in [5, 5.41) is 0.924. The molecule has 30 heavy (non-hydrogen) atoms. The molecule has 0 aromatic heterocycles. The van der Waals surface area contributed by atoms with Crippen molar-refractivity contribution in [3.05, 3.63) is 80.8 Å². The highest BCUT2D eigenvalue weighted by Crippen LogP contribution is 2.46. The minimum Gasteiger partial charge on any atom is -0.274 e. The number of carbonyl (C=O) groups is 4. The van der Waals surface area contributed by atoms with Crippen LogP contribution in [0, 0.1) is 0 Å². The number of halogens is 2. The Morgan fingerprint density at radius 2 is 0.933 bits per heavy atom. The summed E-state index contributed by atoms with van der Waals surface area (Å²) < 4.78 is 0. The SMILES string of the molecule is CC(=O)N1C(=O)C2=C(c3ccc(Cl)cc3)N(C(C)=O)C(=O)C2=C1c1ccc(Cl)cc1. The maximum atomic E-state index is 13.3. The number of rotatable bonds is 2. The Morgan fingerprint density at radius 3 is 1.20 bits per heavy atom. The number of hydrogen-bond acceptors (Lipinski definition) is 4. The Bertz CT molecular complexity index is 1100. The van der Waals surface area contributed by atoms with Crippen molar-refractivity contribution in [1.82, 2.24) is 9.80 Å². The van der Waals surface area contributed by atoms with Crippen LogP contribution in [0.5, 0.6) is 0 Å². The molecule has 8 heteroatoms. The highest BCUT2D eigenvalue weighted by Gasteiger charge is 2.51. The van der Waals surface area contributed by atoms with Crippen molar-refractivity contribution in [2.24, 2.45) is 0 Å². The average molecular weight is 441 g/mol. The predicted molar refractivity (Wildman–Crippen MR) is 112 cm³/mol. The van der Waals surface area contributed by atoms with E-state index in [9.17, 15) is 19.2 Å². The summed E-state index contributed by atoms with van der Waals surface area (Å²) >= 11 is 11.9. The Kier molecular flexibility index (Phi) is 4.84. The number of carbonyl (C=O) groups excluding carboxylic acids is 4. The minimum absolute atomic E-state index is 0.0117. The molecule has 0 radical (unpaired) electrons. The lowest BCUT2D eigenvalue weighted by molar-refractivity contribution is -0.137. The molecule has 0 fully saturated rings. The molecule has 0 saturated carbocycles. The van der Waals surface area contributed by atoms with Crippen LogP contribution in [0.1, 0.15) is 25.0 Å². The molecule has 0 unspecified atom stereocenters. The monoisotopic (exact) mass is 440 g/mol. The standard InChI is InChI=1S/C22H14Cl2N2O4/c1-11(27)25-19(13-3-7-15(23)8-4-13)17-18(21(25)29)20(26(12(2)28)22(17)30)14-5-9-16(24)10-6-14/h3-10H,1-2H3. The second kappa shape index (κ2) is 7.23. The second-order valence-corrected chi connectivity index (χ2v) is 7.65. The fourth-order valence-electron chi connectivity index (χ4n) is 3.67. The van der Waals surface area contributed by atoms with Crippen LogP contribution in [0.3, 0.4) is 0 Å². The first kappa shape index (κ1) is 20.1. The summed E-state index contributed by atoms with van der Waals surface area (Å²) in [5.74, 6) is -2.41. The van der Waals surface area contributed by atoms with E-state index < -0.39 is 23.6 Å². The van der Waals surface area contributed by atoms with Gasteiger partial charge in [0.2, 0.25) is 11.8 Å². The van der Waals surface area contributed by atoms with Crippen LogP contribution in [0.25, 0.3) is 11.4 Å². The minimum atomic E-state index is -0.662. The van der Waals surface area contributed by atoms with Crippen LogP contribution in [0.4, 0.5) is 0 Å². The number of imide groups is 2. The molecule has 2 aromatic carbocycles. The summed E-state index contributed by atoms with van der Waals surface area (Å²) in [5.41, 5.74) is 1.22. The summed E-state index contributed by atoms with van der Waals surface area (Å²) in [6, 6.07) is 12.8. The van der Waals surface area contributed by atoms with E-state index in [-0.39, 0.29) is 22.5 Å². The van der Waals surface area contributed by atoms with E-state index >= 15 is 0 Å². The zero-order chi connectivity index (χ0) is 21.7. The van der Waals surface area contributed by atoms with E-state index in [0.717, 1.165) is 9.80 Å². The van der Waals surface area contributed by atoms with Gasteiger partial charge in [0.25, 0.3) is 11.8 Å². The van der Waals surface area contributed by atoms with E-state index in [1.807, 2.05) is 0 Å². The Hall–Kier alpha value is -3.22. The van der Waals surface area contributed by atoms with Crippen LogP contribution < -0.4 is 0 Å². The fourth-order valence-corrected chi connectivity index (χ4v) is 3.92. The number of hydrogen-bond donors (Lipinski definition) is 0. The van der Waals surface area contributed by atoms with Crippen LogP contribution in [0.15, 0.2) is 59.7 Å². The summed E-state index contributed by atoms with van der Waals surface area (Å²) in [4.78, 5) is 53.3. The molecule has 0 spiro atoms. The van der Waals surface area contributed by atoms with Crippen molar-refractivity contribution in [2.45, 2.75) is 13.8 Å². The zero-order valence-electron chi connectivity index (χ0n) is 15.9. The van der Waals surface area contributed by atoms with Gasteiger partial charge >= 0.3 is 0 Å². The van der Waals surface area contributed by atoms with Gasteiger partial charge in [-0.25, -0.2) is 9.80 Å². The molecular formula is C22H14Cl2N2O4. The lowest BCUT2D eigenvalue weighted by atomic mass is 10.0. The second-order valence-electron chi connectivity index (χ2n) is 6.78. The Balaban J connectivity index is 2.06. The molecule has 0 bridgehead atoms. The van der Waals surface area contributed by atoms with Gasteiger partial charge < -0.3 is 0 Å². The van der Waals surface area contributed by atoms with Gasteiger partial charge in [-0.15, -0.1) is 0 Å². The number of amides is 4. The lowest BCUT2D eigenvalue weighted by Gasteiger charge is -2.21. The molecule has 6 nitrogen and oxygen atoms in total. The van der Waals surface area contributed by atoms with Crippen LogP contribution in [-0.4, -0.2) is 33.4 Å². The molecule has 0 saturated heterocycles. The van der Waals surface area contributed by atoms with Crippen molar-refractivity contribution in [2.75, 3.05) is 0 Å². The van der Waals surface area contributed by atoms with Gasteiger partial charge in [0.05, 0.1) is 22.5 Å². The molecule has 0 atom stereocenters. The molecule has 2 heterocycles. The highest BCUT2D eigenvalue weighted by atomic mass is 35.5. The normalized spacial score (nSPS) is 16.0. The summed E-state index contributed by atoms with van der Waals surface area (Å²) in [6.45, 7) is 2.48. The lowest BCUT2D eigenvalue weighted by Crippen LogP contribution is -2.34. The molecule has 4 amide bonds. The Morgan fingerprint density at radius 1 is 0.633 bits per heavy atom. The first-order valence-corrected chi connectivity index (χ1v) is 9.68. The van der Waals surface area contributed by atoms with E-state index in [0.29, 0.717) is 21.2 Å². The first-order valence-electron chi connectivity index (χ1n) is 8.93. The number of fused-ring (bicyclic) bond motifs is 1. The van der Waals surface area contributed by atoms with Crippen molar-refractivity contribution in [1.29, 1.82) is 0 Å². The maximum absolute atomic E-state index is 13.3. The Labute approximate surface area is 182 Å². The summed E-state index contributed by atoms with van der Waals surface area (Å²) in [6.07, 6.45) is 0.